The zero-order valence-corrected chi connectivity index (χ0v) is 38.5. The number of hydrogen-bond acceptors (Lipinski definition) is 11. The van der Waals surface area contributed by atoms with Crippen LogP contribution in [0, 0.1) is 5.92 Å². The highest BCUT2D eigenvalue weighted by molar-refractivity contribution is 7.47. The lowest BCUT2D eigenvalue weighted by Crippen LogP contribution is -2.30. The fraction of sp³-hybridized carbons (Fsp3) is 0.907. The highest BCUT2D eigenvalue weighted by Crippen LogP contribution is 2.44. The van der Waals surface area contributed by atoms with E-state index in [2.05, 4.69) is 37.4 Å². The van der Waals surface area contributed by atoms with E-state index in [4.69, 9.17) is 33.0 Å². The van der Waals surface area contributed by atoms with Gasteiger partial charge in [0.1, 0.15) is 12.7 Å². The molecule has 1 fully saturated rings. The first-order valence-corrected chi connectivity index (χ1v) is 25.9. The van der Waals surface area contributed by atoms with Gasteiger partial charge in [0.05, 0.1) is 32.0 Å². The lowest BCUT2D eigenvalue weighted by molar-refractivity contribution is -0.161. The normalized spacial score (nSPS) is 17.6. The second-order valence-corrected chi connectivity index (χ2v) is 19.2. The van der Waals surface area contributed by atoms with E-state index in [1.807, 2.05) is 0 Å². The Kier molecular flexibility index (Phi) is 33.4. The minimum absolute atomic E-state index is 0.114. The number of unbranched alkanes of at least 4 members (excludes halogenated alkanes) is 19. The van der Waals surface area contributed by atoms with Crippen molar-refractivity contribution in [3.63, 3.8) is 0 Å². The zero-order valence-electron chi connectivity index (χ0n) is 36.7. The number of ether oxygens (including phenoxy) is 3. The lowest BCUT2D eigenvalue weighted by Gasteiger charge is -2.20. The molecule has 5 atom stereocenters. The average molecular weight is 885 g/mol. The maximum Gasteiger partial charge on any atom is 0.472 e. The third kappa shape index (κ3) is 37.1. The topological polar surface area (TPSA) is 208 Å². The zero-order chi connectivity index (χ0) is 43.6. The molecule has 1 rings (SSSR count). The Hall–Kier alpha value is -1.18. The molecule has 59 heavy (non-hydrogen) atoms. The summed E-state index contributed by atoms with van der Waals surface area (Å²) in [7, 11) is -9.67. The van der Waals surface area contributed by atoms with E-state index in [1.54, 1.807) is 0 Å². The SMILES string of the molecule is CCCCCC1OC1C/C=C\CCCCCCCC(=O)O[C@H](COC(=O)CCCCCCCCCCCCCCCC(C)C)COP(=O)(O)OC[C@@H](O)COP(=O)(O)O. The van der Waals surface area contributed by atoms with Crippen LogP contribution in [0.3, 0.4) is 0 Å². The lowest BCUT2D eigenvalue weighted by atomic mass is 10.0. The molecule has 0 spiro atoms. The first-order chi connectivity index (χ1) is 28.2. The largest absolute Gasteiger partial charge is 0.472 e. The van der Waals surface area contributed by atoms with Crippen LogP contribution < -0.4 is 0 Å². The van der Waals surface area contributed by atoms with Crippen molar-refractivity contribution in [1.29, 1.82) is 0 Å². The summed E-state index contributed by atoms with van der Waals surface area (Å²) in [5, 5.41) is 9.75. The smallest absolute Gasteiger partial charge is 0.462 e. The van der Waals surface area contributed by atoms with Gasteiger partial charge in [-0.15, -0.1) is 0 Å². The number of aliphatic hydroxyl groups excluding tert-OH is 1. The Labute approximate surface area is 356 Å². The number of epoxide rings is 1. The number of allylic oxidation sites excluding steroid dienone is 1. The van der Waals surface area contributed by atoms with Crippen molar-refractivity contribution in [2.75, 3.05) is 26.4 Å². The molecule has 0 radical (unpaired) electrons. The molecular formula is C43H82O14P2. The quantitative estimate of drug-likeness (QED) is 0.0148. The molecule has 16 heteroatoms. The predicted octanol–water partition coefficient (Wildman–Crippen LogP) is 10.6. The predicted molar refractivity (Wildman–Crippen MR) is 230 cm³/mol. The van der Waals surface area contributed by atoms with E-state index >= 15 is 0 Å². The van der Waals surface area contributed by atoms with Crippen LogP contribution in [0.2, 0.25) is 0 Å². The highest BCUT2D eigenvalue weighted by Gasteiger charge is 2.36. The maximum atomic E-state index is 12.7. The van der Waals surface area contributed by atoms with E-state index in [0.29, 0.717) is 25.0 Å². The van der Waals surface area contributed by atoms with Gasteiger partial charge < -0.3 is 34.0 Å². The summed E-state index contributed by atoms with van der Waals surface area (Å²) in [4.78, 5) is 52.8. The summed E-state index contributed by atoms with van der Waals surface area (Å²) in [6.07, 6.45) is 30.9. The van der Waals surface area contributed by atoms with Crippen LogP contribution in [0.25, 0.3) is 0 Å². The van der Waals surface area contributed by atoms with Gasteiger partial charge in [0.2, 0.25) is 0 Å². The van der Waals surface area contributed by atoms with Gasteiger partial charge in [-0.1, -0.05) is 155 Å². The van der Waals surface area contributed by atoms with Crippen molar-refractivity contribution in [2.45, 2.75) is 219 Å². The molecule has 348 valence electrons. The number of rotatable bonds is 42. The molecule has 0 saturated carbocycles. The van der Waals surface area contributed by atoms with Crippen molar-refractivity contribution < 1.29 is 66.3 Å². The summed E-state index contributed by atoms with van der Waals surface area (Å²) in [6, 6.07) is 0. The summed E-state index contributed by atoms with van der Waals surface area (Å²) in [6.45, 7) is 4.06. The van der Waals surface area contributed by atoms with Crippen molar-refractivity contribution in [3.8, 4) is 0 Å². The van der Waals surface area contributed by atoms with Gasteiger partial charge in [-0.2, -0.15) is 0 Å². The van der Waals surface area contributed by atoms with Crippen LogP contribution in [-0.4, -0.2) is 82.6 Å². The third-order valence-electron chi connectivity index (χ3n) is 10.2. The number of carbonyl (C=O) groups is 2. The Morgan fingerprint density at radius 2 is 1.15 bits per heavy atom. The van der Waals surface area contributed by atoms with Gasteiger partial charge in [-0.25, -0.2) is 9.13 Å². The van der Waals surface area contributed by atoms with Crippen molar-refractivity contribution in [3.05, 3.63) is 12.2 Å². The van der Waals surface area contributed by atoms with E-state index in [1.165, 1.54) is 83.5 Å². The van der Waals surface area contributed by atoms with Gasteiger partial charge in [-0.3, -0.25) is 23.2 Å². The molecular weight excluding hydrogens is 802 g/mol. The second-order valence-electron chi connectivity index (χ2n) is 16.5. The summed E-state index contributed by atoms with van der Waals surface area (Å²) < 4.78 is 53.6. The molecule has 0 aromatic rings. The monoisotopic (exact) mass is 885 g/mol. The Morgan fingerprint density at radius 3 is 1.73 bits per heavy atom. The van der Waals surface area contributed by atoms with Crippen LogP contribution in [0.5, 0.6) is 0 Å². The number of carbonyl (C=O) groups excluding carboxylic acids is 2. The van der Waals surface area contributed by atoms with Crippen LogP contribution in [0.4, 0.5) is 0 Å². The third-order valence-corrected chi connectivity index (χ3v) is 11.7. The maximum absolute atomic E-state index is 12.7. The molecule has 0 bridgehead atoms. The Bertz CT molecular complexity index is 1180. The van der Waals surface area contributed by atoms with Crippen molar-refractivity contribution in [2.24, 2.45) is 5.92 Å². The Morgan fingerprint density at radius 1 is 0.627 bits per heavy atom. The molecule has 0 aromatic carbocycles. The molecule has 14 nitrogen and oxygen atoms in total. The molecule has 0 aromatic heterocycles. The van der Waals surface area contributed by atoms with Crippen LogP contribution in [0.15, 0.2) is 12.2 Å². The molecule has 1 saturated heterocycles. The first kappa shape index (κ1) is 55.8. The van der Waals surface area contributed by atoms with Gasteiger partial charge >= 0.3 is 27.6 Å². The van der Waals surface area contributed by atoms with Gasteiger partial charge in [0.15, 0.2) is 6.10 Å². The summed E-state index contributed by atoms with van der Waals surface area (Å²) in [5.74, 6) is -0.241. The minimum atomic E-state index is -4.86. The van der Waals surface area contributed by atoms with E-state index in [-0.39, 0.29) is 19.4 Å². The average Bonchev–Trinajstić information content (AvgIpc) is 3.93. The van der Waals surface area contributed by atoms with E-state index in [9.17, 15) is 28.7 Å². The van der Waals surface area contributed by atoms with Crippen LogP contribution in [0.1, 0.15) is 194 Å². The highest BCUT2D eigenvalue weighted by atomic mass is 31.2. The number of phosphoric ester groups is 2. The fourth-order valence-electron chi connectivity index (χ4n) is 6.66. The molecule has 0 amide bonds. The van der Waals surface area contributed by atoms with E-state index in [0.717, 1.165) is 70.1 Å². The van der Waals surface area contributed by atoms with Gasteiger partial charge in [-0.05, 0) is 44.4 Å². The van der Waals surface area contributed by atoms with Crippen LogP contribution >= 0.6 is 15.6 Å². The molecule has 1 aliphatic heterocycles. The van der Waals surface area contributed by atoms with Crippen LogP contribution in [-0.2, 0) is 46.5 Å². The van der Waals surface area contributed by atoms with Crippen molar-refractivity contribution >= 4 is 27.6 Å². The summed E-state index contributed by atoms with van der Waals surface area (Å²) in [5.41, 5.74) is 0. The minimum Gasteiger partial charge on any atom is -0.462 e. The molecule has 0 aliphatic carbocycles. The number of aliphatic hydroxyl groups is 1. The first-order valence-electron chi connectivity index (χ1n) is 22.9. The molecule has 3 unspecified atom stereocenters. The molecule has 1 heterocycles. The molecule has 4 N–H and O–H groups in total. The number of phosphoric acid groups is 2. The number of hydrogen-bond donors (Lipinski definition) is 4. The standard InChI is InChI=1S/C43H82O14P2/c1-4-5-23-29-40-41(57-40)30-25-20-16-13-14-18-22-27-32-43(46)56-39(36-55-59(50,51)54-34-38(44)33-53-58(47,48)49)35-52-42(45)31-26-21-17-12-10-8-6-7-9-11-15-19-24-28-37(2)3/h20,25,37-41,44H,4-19,21-24,26-36H2,1-3H3,(H,50,51)(H2,47,48,49)/b25-20-/t38-,39+,40?,41?/m0/s1. The fourth-order valence-corrected chi connectivity index (χ4v) is 7.81. The Balaban J connectivity index is 2.33. The number of esters is 2. The van der Waals surface area contributed by atoms with Crippen molar-refractivity contribution in [1.82, 2.24) is 0 Å². The van der Waals surface area contributed by atoms with E-state index < -0.39 is 59.6 Å². The van der Waals surface area contributed by atoms with Gasteiger partial charge in [0.25, 0.3) is 0 Å². The van der Waals surface area contributed by atoms with Gasteiger partial charge in [0, 0.05) is 12.8 Å². The summed E-state index contributed by atoms with van der Waals surface area (Å²) >= 11 is 0. The second kappa shape index (κ2) is 35.3. The molecule has 1 aliphatic rings.